The first kappa shape index (κ1) is 20.2. The van der Waals surface area contributed by atoms with Crippen molar-refractivity contribution in [2.24, 2.45) is 5.92 Å². The summed E-state index contributed by atoms with van der Waals surface area (Å²) in [4.78, 5) is 27.9. The maximum absolute atomic E-state index is 12.2. The number of ether oxygens (including phenoxy) is 1. The van der Waals surface area contributed by atoms with Gasteiger partial charge < -0.3 is 15.0 Å². The van der Waals surface area contributed by atoms with Crippen molar-refractivity contribution in [1.29, 1.82) is 0 Å². The second-order valence-electron chi connectivity index (χ2n) is 6.39. The number of nitrogens with zero attached hydrogens (tertiary/aromatic N) is 2. The molecule has 2 heterocycles. The fraction of sp³-hybridized carbons (Fsp3) is 0.875. The molecule has 6 nitrogen and oxygen atoms in total. The molecule has 0 saturated carbocycles. The van der Waals surface area contributed by atoms with Crippen molar-refractivity contribution in [3.63, 3.8) is 0 Å². The summed E-state index contributed by atoms with van der Waals surface area (Å²) < 4.78 is 5.14. The van der Waals surface area contributed by atoms with Crippen molar-refractivity contribution in [3.05, 3.63) is 0 Å². The number of hydrogen-bond acceptors (Lipinski definition) is 4. The highest BCUT2D eigenvalue weighted by Crippen LogP contribution is 2.21. The van der Waals surface area contributed by atoms with Crippen LogP contribution in [0, 0.1) is 5.92 Å². The Hall–Kier alpha value is -0.850. The zero-order chi connectivity index (χ0) is 15.9. The molecule has 134 valence electrons. The summed E-state index contributed by atoms with van der Waals surface area (Å²) in [5, 5.41) is 3.15. The second kappa shape index (κ2) is 10.1. The molecule has 2 rings (SSSR count). The average Bonchev–Trinajstić information content (AvgIpc) is 3.05. The largest absolute Gasteiger partial charge is 0.383 e. The Bertz CT molecular complexity index is 395. The fourth-order valence-electron chi connectivity index (χ4n) is 3.49. The third kappa shape index (κ3) is 5.94. The number of rotatable bonds is 8. The molecule has 1 N–H and O–H groups in total. The molecule has 2 amide bonds. The Balaban J connectivity index is 0.00000264. The van der Waals surface area contributed by atoms with Gasteiger partial charge in [-0.15, -0.1) is 12.4 Å². The molecule has 0 radical (unpaired) electrons. The third-order valence-corrected chi connectivity index (χ3v) is 4.64. The Morgan fingerprint density at radius 2 is 2.17 bits per heavy atom. The average molecular weight is 348 g/mol. The molecule has 7 heteroatoms. The van der Waals surface area contributed by atoms with Crippen LogP contribution < -0.4 is 5.32 Å². The van der Waals surface area contributed by atoms with Gasteiger partial charge in [-0.3, -0.25) is 14.5 Å². The molecular weight excluding hydrogens is 318 g/mol. The maximum Gasteiger partial charge on any atom is 0.239 e. The topological polar surface area (TPSA) is 61.9 Å². The van der Waals surface area contributed by atoms with Gasteiger partial charge in [-0.1, -0.05) is 13.3 Å². The van der Waals surface area contributed by atoms with Gasteiger partial charge >= 0.3 is 0 Å². The van der Waals surface area contributed by atoms with E-state index in [1.807, 2.05) is 0 Å². The molecule has 0 bridgehead atoms. The van der Waals surface area contributed by atoms with Gasteiger partial charge in [0.25, 0.3) is 0 Å². The minimum Gasteiger partial charge on any atom is -0.383 e. The lowest BCUT2D eigenvalue weighted by Crippen LogP contribution is -2.45. The van der Waals surface area contributed by atoms with Gasteiger partial charge in [0.05, 0.1) is 13.2 Å². The predicted molar refractivity (Wildman–Crippen MR) is 91.7 cm³/mol. The molecular formula is C16H30ClN3O3. The van der Waals surface area contributed by atoms with Gasteiger partial charge in [-0.05, 0) is 18.8 Å². The van der Waals surface area contributed by atoms with Crippen LogP contribution in [-0.2, 0) is 14.3 Å². The highest BCUT2D eigenvalue weighted by atomic mass is 35.5. The summed E-state index contributed by atoms with van der Waals surface area (Å²) in [6.07, 6.45) is 3.70. The highest BCUT2D eigenvalue weighted by molar-refractivity contribution is 5.86. The van der Waals surface area contributed by atoms with Gasteiger partial charge in [-0.25, -0.2) is 0 Å². The normalized spacial score (nSPS) is 24.8. The second-order valence-corrected chi connectivity index (χ2v) is 6.39. The van der Waals surface area contributed by atoms with E-state index in [1.165, 1.54) is 0 Å². The van der Waals surface area contributed by atoms with Gasteiger partial charge in [-0.2, -0.15) is 0 Å². The quantitative estimate of drug-likeness (QED) is 0.708. The maximum atomic E-state index is 12.2. The third-order valence-electron chi connectivity index (χ3n) is 4.64. The molecule has 2 fully saturated rings. The van der Waals surface area contributed by atoms with Crippen molar-refractivity contribution >= 4 is 24.2 Å². The van der Waals surface area contributed by atoms with E-state index in [2.05, 4.69) is 17.1 Å². The van der Waals surface area contributed by atoms with Crippen LogP contribution in [0.5, 0.6) is 0 Å². The van der Waals surface area contributed by atoms with Crippen molar-refractivity contribution in [3.8, 4) is 0 Å². The highest BCUT2D eigenvalue weighted by Gasteiger charge is 2.33. The Morgan fingerprint density at radius 1 is 1.39 bits per heavy atom. The molecule has 2 aliphatic rings. The van der Waals surface area contributed by atoms with Gasteiger partial charge in [0.2, 0.25) is 11.8 Å². The summed E-state index contributed by atoms with van der Waals surface area (Å²) in [7, 11) is 1.71. The predicted octanol–water partition coefficient (Wildman–Crippen LogP) is 0.894. The lowest BCUT2D eigenvalue weighted by atomic mass is 9.98. The summed E-state index contributed by atoms with van der Waals surface area (Å²) in [6, 6.07) is 0.196. The van der Waals surface area contributed by atoms with Gasteiger partial charge in [0.15, 0.2) is 0 Å². The summed E-state index contributed by atoms with van der Waals surface area (Å²) in [5.41, 5.74) is 0. The first-order chi connectivity index (χ1) is 10.6. The lowest BCUT2D eigenvalue weighted by molar-refractivity contribution is -0.133. The monoisotopic (exact) mass is 347 g/mol. The number of carbonyl (C=O) groups is 2. The van der Waals surface area contributed by atoms with Crippen LogP contribution in [0.4, 0.5) is 0 Å². The first-order valence-corrected chi connectivity index (χ1v) is 8.42. The van der Waals surface area contributed by atoms with Crippen LogP contribution in [-0.4, -0.2) is 74.1 Å². The fourth-order valence-corrected chi connectivity index (χ4v) is 3.49. The van der Waals surface area contributed by atoms with Crippen LogP contribution in [0.2, 0.25) is 0 Å². The summed E-state index contributed by atoms with van der Waals surface area (Å²) >= 11 is 0. The van der Waals surface area contributed by atoms with E-state index in [1.54, 1.807) is 12.0 Å². The van der Waals surface area contributed by atoms with E-state index >= 15 is 0 Å². The molecule has 0 aromatic carbocycles. The number of halogens is 1. The molecule has 2 saturated heterocycles. The lowest BCUT2D eigenvalue weighted by Gasteiger charge is -2.21. The summed E-state index contributed by atoms with van der Waals surface area (Å²) in [5.74, 6) is 0.587. The van der Waals surface area contributed by atoms with Crippen molar-refractivity contribution < 1.29 is 14.3 Å². The van der Waals surface area contributed by atoms with E-state index in [0.29, 0.717) is 12.3 Å². The molecule has 0 spiro atoms. The molecule has 2 aliphatic heterocycles. The van der Waals surface area contributed by atoms with E-state index in [-0.39, 0.29) is 36.8 Å². The Labute approximate surface area is 145 Å². The minimum atomic E-state index is -0.0186. The molecule has 0 aliphatic carbocycles. The molecule has 0 aromatic rings. The minimum absolute atomic E-state index is 0. The molecule has 0 unspecified atom stereocenters. The van der Waals surface area contributed by atoms with Crippen LogP contribution in [0.3, 0.4) is 0 Å². The standard InChI is InChI=1S/C16H29N3O3.ClH/c1-3-5-13-10-18(8-9-22-2)11-14(13)17-15(20)12-19-7-4-6-16(19)21;/h13-14H,3-12H2,1-2H3,(H,17,20);1H/t13-,14-;/m0./s1. The van der Waals surface area contributed by atoms with Crippen LogP contribution in [0.15, 0.2) is 0 Å². The van der Waals surface area contributed by atoms with Gasteiger partial charge in [0.1, 0.15) is 0 Å². The number of amides is 2. The number of likely N-dealkylation sites (tertiary alicyclic amines) is 2. The van der Waals surface area contributed by atoms with Gasteiger partial charge in [0, 0.05) is 45.8 Å². The van der Waals surface area contributed by atoms with E-state index < -0.39 is 0 Å². The zero-order valence-corrected chi connectivity index (χ0v) is 15.1. The number of carbonyl (C=O) groups excluding carboxylic acids is 2. The van der Waals surface area contributed by atoms with Crippen molar-refractivity contribution in [1.82, 2.24) is 15.1 Å². The van der Waals surface area contributed by atoms with Crippen LogP contribution in [0.1, 0.15) is 32.6 Å². The smallest absolute Gasteiger partial charge is 0.239 e. The Morgan fingerprint density at radius 3 is 2.78 bits per heavy atom. The molecule has 2 atom stereocenters. The number of hydrogen-bond donors (Lipinski definition) is 1. The van der Waals surface area contributed by atoms with Crippen molar-refractivity contribution in [2.75, 3.05) is 46.4 Å². The summed E-state index contributed by atoms with van der Waals surface area (Å²) in [6.45, 7) is 6.65. The zero-order valence-electron chi connectivity index (χ0n) is 14.3. The van der Waals surface area contributed by atoms with Crippen LogP contribution >= 0.6 is 12.4 Å². The van der Waals surface area contributed by atoms with E-state index in [4.69, 9.17) is 4.74 Å². The number of methoxy groups -OCH3 is 1. The van der Waals surface area contributed by atoms with Crippen LogP contribution in [0.25, 0.3) is 0 Å². The first-order valence-electron chi connectivity index (χ1n) is 8.42. The number of nitrogens with one attached hydrogen (secondary N) is 1. The Kier molecular flexibility index (Phi) is 8.87. The SMILES string of the molecule is CCC[C@H]1CN(CCOC)C[C@@H]1NC(=O)CN1CCCC1=O.Cl. The molecule has 0 aromatic heterocycles. The van der Waals surface area contributed by atoms with Crippen molar-refractivity contribution in [2.45, 2.75) is 38.6 Å². The van der Waals surface area contributed by atoms with E-state index in [9.17, 15) is 9.59 Å². The van der Waals surface area contributed by atoms with E-state index in [0.717, 1.165) is 52.0 Å². The molecule has 23 heavy (non-hydrogen) atoms.